The average Bonchev–Trinajstić information content (AvgIpc) is 2.67. The van der Waals surface area contributed by atoms with Crippen molar-refractivity contribution in [2.45, 2.75) is 4.21 Å². The van der Waals surface area contributed by atoms with Gasteiger partial charge in [0.2, 0.25) is 0 Å². The molecule has 1 aromatic heterocycles. The van der Waals surface area contributed by atoms with Crippen molar-refractivity contribution in [2.24, 2.45) is 0 Å². The van der Waals surface area contributed by atoms with Crippen molar-refractivity contribution in [2.75, 3.05) is 4.72 Å². The zero-order chi connectivity index (χ0) is 15.1. The Morgan fingerprint density at radius 2 is 1.70 bits per heavy atom. The molecular weight excluding hydrogens is 403 g/mol. The Labute approximate surface area is 129 Å². The summed E-state index contributed by atoms with van der Waals surface area (Å²) in [4.78, 5) is 0. The smallest absolute Gasteiger partial charge is 0.271 e. The summed E-state index contributed by atoms with van der Waals surface area (Å²) in [5.41, 5.74) is -0.429. The first kappa shape index (κ1) is 15.6. The zero-order valence-corrected chi connectivity index (χ0v) is 13.2. The fourth-order valence-electron chi connectivity index (χ4n) is 1.28. The van der Waals surface area contributed by atoms with Crippen LogP contribution in [-0.2, 0) is 10.0 Å². The highest BCUT2D eigenvalue weighted by molar-refractivity contribution is 9.11. The molecule has 0 spiro atoms. The molecule has 0 amide bonds. The lowest BCUT2D eigenvalue weighted by atomic mass is 10.3. The lowest BCUT2D eigenvalue weighted by molar-refractivity contribution is 0.448. The highest BCUT2D eigenvalue weighted by Crippen LogP contribution is 2.35. The molecule has 0 aliphatic carbocycles. The van der Waals surface area contributed by atoms with Gasteiger partial charge in [-0.25, -0.2) is 21.6 Å². The normalized spacial score (nSPS) is 11.7. The minimum atomic E-state index is -4.06. The molecule has 0 unspecified atom stereocenters. The van der Waals surface area contributed by atoms with Crippen LogP contribution in [0.25, 0.3) is 0 Å². The van der Waals surface area contributed by atoms with E-state index in [1.165, 1.54) is 6.07 Å². The molecule has 0 saturated carbocycles. The summed E-state index contributed by atoms with van der Waals surface area (Å²) in [6, 6.07) is 2.26. The molecule has 10 heteroatoms. The molecule has 1 N–H and O–H groups in total. The van der Waals surface area contributed by atoms with Crippen molar-refractivity contribution in [1.29, 1.82) is 0 Å². The third-order valence-corrected chi connectivity index (χ3v) is 6.45. The number of halogens is 5. The number of rotatable bonds is 3. The van der Waals surface area contributed by atoms with Crippen molar-refractivity contribution in [3.05, 3.63) is 44.5 Å². The number of thiophene rings is 1. The molecule has 1 heterocycles. The summed E-state index contributed by atoms with van der Waals surface area (Å²) in [6.07, 6.45) is 0. The van der Waals surface area contributed by atoms with Crippen molar-refractivity contribution in [3.8, 4) is 0 Å². The van der Waals surface area contributed by atoms with Crippen LogP contribution >= 0.6 is 38.9 Å². The Bertz CT molecular complexity index is 736. The molecule has 20 heavy (non-hydrogen) atoms. The fourth-order valence-corrected chi connectivity index (χ4v) is 4.72. The van der Waals surface area contributed by atoms with Gasteiger partial charge in [-0.3, -0.25) is 4.72 Å². The van der Waals surface area contributed by atoms with Crippen molar-refractivity contribution < 1.29 is 21.6 Å². The van der Waals surface area contributed by atoms with Crippen LogP contribution in [0.1, 0.15) is 0 Å². The van der Waals surface area contributed by atoms with Crippen molar-refractivity contribution >= 4 is 54.6 Å². The number of nitrogens with one attached hydrogen (secondary N) is 1. The van der Waals surface area contributed by atoms with Gasteiger partial charge >= 0.3 is 0 Å². The first-order chi connectivity index (χ1) is 9.20. The van der Waals surface area contributed by atoms with Gasteiger partial charge in [-0.15, -0.1) is 11.3 Å². The summed E-state index contributed by atoms with van der Waals surface area (Å²) >= 11 is 9.59. The molecule has 0 atom stereocenters. The van der Waals surface area contributed by atoms with E-state index in [-0.39, 0.29) is 9.23 Å². The van der Waals surface area contributed by atoms with E-state index in [9.17, 15) is 21.6 Å². The van der Waals surface area contributed by atoms with Crippen LogP contribution in [0.3, 0.4) is 0 Å². The Balaban J connectivity index is 2.38. The maximum atomic E-state index is 13.0. The lowest BCUT2D eigenvalue weighted by Crippen LogP contribution is -2.12. The summed E-state index contributed by atoms with van der Waals surface area (Å²) in [5.74, 6) is -4.66. The minimum Gasteiger partial charge on any atom is -0.279 e. The van der Waals surface area contributed by atoms with Crippen LogP contribution in [0.15, 0.2) is 26.2 Å². The second-order valence-electron chi connectivity index (χ2n) is 3.55. The lowest BCUT2D eigenvalue weighted by Gasteiger charge is -2.07. The summed E-state index contributed by atoms with van der Waals surface area (Å²) < 4.78 is 64.9. The highest BCUT2D eigenvalue weighted by Gasteiger charge is 2.20. The Kier molecular flexibility index (Phi) is 4.33. The van der Waals surface area contributed by atoms with E-state index >= 15 is 0 Å². The fraction of sp³-hybridized carbons (Fsp3) is 0. The molecule has 3 nitrogen and oxygen atoms in total. The van der Waals surface area contributed by atoms with Gasteiger partial charge in [0.25, 0.3) is 10.0 Å². The molecule has 0 fully saturated rings. The molecular formula is C10H4BrClF3NO2S2. The second kappa shape index (κ2) is 5.55. The standard InChI is InChI=1S/C10H4BrClF3NO2S2/c11-10-5(12)3-8(19-10)20(17,18)16-4-1-6(13)9(15)7(14)2-4/h1-3,16H. The van der Waals surface area contributed by atoms with Gasteiger partial charge in [-0.05, 0) is 22.0 Å². The molecule has 0 aliphatic heterocycles. The third kappa shape index (κ3) is 3.11. The van der Waals surface area contributed by atoms with Crippen molar-refractivity contribution in [1.82, 2.24) is 0 Å². The van der Waals surface area contributed by atoms with Crippen LogP contribution < -0.4 is 4.72 Å². The summed E-state index contributed by atoms with van der Waals surface area (Å²) in [5, 5.41) is 0.187. The van der Waals surface area contributed by atoms with Crippen molar-refractivity contribution in [3.63, 3.8) is 0 Å². The molecule has 2 rings (SSSR count). The number of benzene rings is 1. The maximum absolute atomic E-state index is 13.0. The van der Waals surface area contributed by atoms with Gasteiger partial charge in [0.1, 0.15) is 4.21 Å². The van der Waals surface area contributed by atoms with Gasteiger partial charge in [-0.1, -0.05) is 11.6 Å². The van der Waals surface area contributed by atoms with E-state index in [0.717, 1.165) is 11.3 Å². The molecule has 108 valence electrons. The number of hydrogen-bond acceptors (Lipinski definition) is 3. The second-order valence-corrected chi connectivity index (χ2v) is 8.23. The van der Waals surface area contributed by atoms with Gasteiger partial charge in [0.15, 0.2) is 17.5 Å². The van der Waals surface area contributed by atoms with E-state index in [2.05, 4.69) is 15.9 Å². The molecule has 0 saturated heterocycles. The quantitative estimate of drug-likeness (QED) is 0.769. The number of hydrogen-bond donors (Lipinski definition) is 1. The maximum Gasteiger partial charge on any atom is 0.271 e. The third-order valence-electron chi connectivity index (χ3n) is 2.12. The molecule has 1 aromatic carbocycles. The highest BCUT2D eigenvalue weighted by atomic mass is 79.9. The predicted octanol–water partition coefficient (Wildman–Crippen LogP) is 4.38. The van der Waals surface area contributed by atoms with Crippen LogP contribution in [0.5, 0.6) is 0 Å². The molecule has 2 aromatic rings. The Hall–Kier alpha value is -0.770. The summed E-state index contributed by atoms with van der Waals surface area (Å²) in [6.45, 7) is 0. The van der Waals surface area contributed by atoms with E-state index in [1.807, 2.05) is 4.72 Å². The Morgan fingerprint density at radius 1 is 1.15 bits per heavy atom. The number of sulfonamides is 1. The predicted molar refractivity (Wildman–Crippen MR) is 74.2 cm³/mol. The van der Waals surface area contributed by atoms with Crippen LogP contribution in [0, 0.1) is 17.5 Å². The first-order valence-corrected chi connectivity index (χ1v) is 8.30. The van der Waals surface area contributed by atoms with Crippen LogP contribution in [0.4, 0.5) is 18.9 Å². The van der Waals surface area contributed by atoms with E-state index < -0.39 is 33.2 Å². The van der Waals surface area contributed by atoms with Gasteiger partial charge in [0.05, 0.1) is 14.5 Å². The molecule has 0 radical (unpaired) electrons. The minimum absolute atomic E-state index is 0.153. The SMILES string of the molecule is O=S(=O)(Nc1cc(F)c(F)c(F)c1)c1cc(Cl)c(Br)s1. The zero-order valence-electron chi connectivity index (χ0n) is 9.25. The Morgan fingerprint density at radius 3 is 2.15 bits per heavy atom. The summed E-state index contributed by atoms with van der Waals surface area (Å²) in [7, 11) is -4.06. The van der Waals surface area contributed by atoms with Gasteiger partial charge < -0.3 is 0 Å². The largest absolute Gasteiger partial charge is 0.279 e. The van der Waals surface area contributed by atoms with E-state index in [0.29, 0.717) is 15.9 Å². The van der Waals surface area contributed by atoms with Gasteiger partial charge in [0, 0.05) is 12.1 Å². The van der Waals surface area contributed by atoms with Crippen LogP contribution in [-0.4, -0.2) is 8.42 Å². The average molecular weight is 407 g/mol. The molecule has 0 aliphatic rings. The monoisotopic (exact) mass is 405 g/mol. The van der Waals surface area contributed by atoms with E-state index in [1.54, 1.807) is 0 Å². The topological polar surface area (TPSA) is 46.2 Å². The first-order valence-electron chi connectivity index (χ1n) is 4.83. The number of anilines is 1. The molecule has 0 bridgehead atoms. The van der Waals surface area contributed by atoms with Crippen LogP contribution in [0.2, 0.25) is 5.02 Å². The van der Waals surface area contributed by atoms with E-state index in [4.69, 9.17) is 11.6 Å². The van der Waals surface area contributed by atoms with Gasteiger partial charge in [-0.2, -0.15) is 0 Å².